The smallest absolute Gasteiger partial charge is 0.330 e. The minimum atomic E-state index is -1.08. The van der Waals surface area contributed by atoms with Gasteiger partial charge < -0.3 is 20.9 Å². The number of phenols is 1. The lowest BCUT2D eigenvalue weighted by molar-refractivity contribution is -0.144. The van der Waals surface area contributed by atoms with Gasteiger partial charge in [0.1, 0.15) is 11.8 Å². The number of rotatable bonds is 6. The summed E-state index contributed by atoms with van der Waals surface area (Å²) in [6, 6.07) is 11.5. The number of hydrogen-bond donors (Lipinski definition) is 3. The van der Waals surface area contributed by atoms with E-state index in [1.54, 1.807) is 19.9 Å². The monoisotopic (exact) mass is 487 g/mol. The van der Waals surface area contributed by atoms with Crippen LogP contribution >= 0.6 is 0 Å². The number of esters is 1. The van der Waals surface area contributed by atoms with Gasteiger partial charge in [-0.05, 0) is 87.5 Å². The summed E-state index contributed by atoms with van der Waals surface area (Å²) in [6.45, 7) is 6.49. The van der Waals surface area contributed by atoms with E-state index in [9.17, 15) is 14.7 Å². The van der Waals surface area contributed by atoms with Crippen LogP contribution in [-0.4, -0.2) is 53.7 Å². The second-order valence-electron chi connectivity index (χ2n) is 9.52. The molecule has 1 unspecified atom stereocenters. The van der Waals surface area contributed by atoms with E-state index < -0.39 is 23.5 Å². The van der Waals surface area contributed by atoms with Gasteiger partial charge in [0, 0.05) is 23.2 Å². The highest BCUT2D eigenvalue weighted by molar-refractivity contribution is 5.99. The molecule has 1 aliphatic rings. The number of piperidine rings is 1. The van der Waals surface area contributed by atoms with Gasteiger partial charge in [0.15, 0.2) is 0 Å². The first-order valence-corrected chi connectivity index (χ1v) is 12.0. The summed E-state index contributed by atoms with van der Waals surface area (Å²) in [4.78, 5) is 27.1. The molecule has 2 aromatic rings. The summed E-state index contributed by atoms with van der Waals surface area (Å²) in [7, 11) is 1.21. The summed E-state index contributed by atoms with van der Waals surface area (Å²) in [5, 5.41) is 12.9. The first-order valence-electron chi connectivity index (χ1n) is 12.0. The third kappa shape index (κ3) is 7.61. The minimum Gasteiger partial charge on any atom is -0.507 e. The molecule has 0 radical (unpaired) electrons. The Morgan fingerprint density at radius 1 is 1.06 bits per heavy atom. The molecule has 1 amide bonds. The largest absolute Gasteiger partial charge is 0.507 e. The van der Waals surface area contributed by atoms with E-state index in [1.165, 1.54) is 44.1 Å². The van der Waals surface area contributed by atoms with Crippen molar-refractivity contribution >= 4 is 11.9 Å². The second kappa shape index (κ2) is 12.3. The van der Waals surface area contributed by atoms with E-state index in [2.05, 4.69) is 46.0 Å². The zero-order valence-electron chi connectivity index (χ0n) is 21.1. The topological polar surface area (TPSA) is 105 Å². The van der Waals surface area contributed by atoms with Gasteiger partial charge in [-0.15, -0.1) is 0 Å². The molecule has 1 aliphatic heterocycles. The van der Waals surface area contributed by atoms with E-state index in [0.717, 1.165) is 25.2 Å². The van der Waals surface area contributed by atoms with Gasteiger partial charge in [-0.1, -0.05) is 30.4 Å². The molecule has 1 fully saturated rings. The van der Waals surface area contributed by atoms with Gasteiger partial charge in [-0.2, -0.15) is 0 Å². The first kappa shape index (κ1) is 26.8. The van der Waals surface area contributed by atoms with Gasteiger partial charge in [0.25, 0.3) is 5.91 Å². The Labute approximate surface area is 213 Å². The number of likely N-dealkylation sites (tertiary alicyclic amines) is 1. The third-order valence-electron chi connectivity index (χ3n) is 5.98. The predicted molar refractivity (Wildman–Crippen MR) is 139 cm³/mol. The van der Waals surface area contributed by atoms with Gasteiger partial charge in [0.2, 0.25) is 0 Å². The number of phenolic OH excluding ortho intramolecular Hbond substituents is 1. The number of hydrogen-bond acceptors (Lipinski definition) is 6. The fourth-order valence-electron chi connectivity index (χ4n) is 3.95. The molecule has 1 atom stereocenters. The number of carbonyl (C=O) groups excluding carboxylic acids is 2. The average Bonchev–Trinajstić information content (AvgIpc) is 2.85. The van der Waals surface area contributed by atoms with Crippen LogP contribution in [0.2, 0.25) is 0 Å². The van der Waals surface area contributed by atoms with Crippen LogP contribution in [0.4, 0.5) is 0 Å². The molecule has 7 nitrogen and oxygen atoms in total. The van der Waals surface area contributed by atoms with Crippen molar-refractivity contribution < 1.29 is 19.4 Å². The Hall–Kier alpha value is -3.78. The molecule has 0 bridgehead atoms. The number of aromatic hydroxyl groups is 1. The molecule has 3 rings (SSSR count). The Kier molecular flexibility index (Phi) is 9.13. The summed E-state index contributed by atoms with van der Waals surface area (Å²) in [5.74, 6) is 9.89. The van der Waals surface area contributed by atoms with Crippen LogP contribution < -0.4 is 11.1 Å². The number of ether oxygens (including phenoxy) is 1. The number of nitrogens with one attached hydrogen (secondary N) is 1. The number of benzene rings is 2. The number of methoxy groups -OCH3 is 1. The lowest BCUT2D eigenvalue weighted by Gasteiger charge is -2.28. The van der Waals surface area contributed by atoms with Crippen LogP contribution in [0, 0.1) is 23.7 Å². The lowest BCUT2D eigenvalue weighted by atomic mass is 9.95. The van der Waals surface area contributed by atoms with Crippen molar-refractivity contribution in [2.75, 3.05) is 20.2 Å². The Balaban J connectivity index is 1.62. The molecular weight excluding hydrogens is 454 g/mol. The molecule has 0 saturated carbocycles. The Bertz CT molecular complexity index is 1200. The van der Waals surface area contributed by atoms with Gasteiger partial charge in [0.05, 0.1) is 12.7 Å². The molecule has 0 aromatic heterocycles. The van der Waals surface area contributed by atoms with E-state index in [0.29, 0.717) is 5.56 Å². The SMILES string of the molecule is COC(=O)C(NC(=O)c1ccc(C#CC#Cc2ccc(CN3CCCCC3)cc2)cc1O)C(C)(C)N. The molecule has 0 aliphatic carbocycles. The van der Waals surface area contributed by atoms with Crippen molar-refractivity contribution in [3.63, 3.8) is 0 Å². The van der Waals surface area contributed by atoms with Crippen LogP contribution in [0.15, 0.2) is 42.5 Å². The molecular formula is C29H33N3O4. The highest BCUT2D eigenvalue weighted by Crippen LogP contribution is 2.19. The van der Waals surface area contributed by atoms with Gasteiger partial charge >= 0.3 is 5.97 Å². The summed E-state index contributed by atoms with van der Waals surface area (Å²) < 4.78 is 4.72. The highest BCUT2D eigenvalue weighted by Gasteiger charge is 2.34. The van der Waals surface area contributed by atoms with Crippen molar-refractivity contribution in [2.45, 2.75) is 51.2 Å². The van der Waals surface area contributed by atoms with Crippen LogP contribution in [0.25, 0.3) is 0 Å². The van der Waals surface area contributed by atoms with Crippen molar-refractivity contribution in [1.82, 2.24) is 10.2 Å². The van der Waals surface area contributed by atoms with Crippen LogP contribution in [0.1, 0.15) is 60.2 Å². The summed E-state index contributed by atoms with van der Waals surface area (Å²) in [6.07, 6.45) is 3.88. The summed E-state index contributed by atoms with van der Waals surface area (Å²) in [5.41, 5.74) is 7.58. The Morgan fingerprint density at radius 2 is 1.67 bits per heavy atom. The number of amides is 1. The molecule has 36 heavy (non-hydrogen) atoms. The molecule has 1 saturated heterocycles. The maximum absolute atomic E-state index is 12.6. The molecule has 4 N–H and O–H groups in total. The molecule has 188 valence electrons. The van der Waals surface area contributed by atoms with Gasteiger partial charge in [-0.25, -0.2) is 4.79 Å². The molecule has 1 heterocycles. The first-order chi connectivity index (χ1) is 17.2. The van der Waals surface area contributed by atoms with Crippen molar-refractivity contribution in [2.24, 2.45) is 5.73 Å². The van der Waals surface area contributed by atoms with E-state index in [4.69, 9.17) is 10.5 Å². The number of nitrogens with zero attached hydrogens (tertiary/aromatic N) is 1. The highest BCUT2D eigenvalue weighted by atomic mass is 16.5. The predicted octanol–water partition coefficient (Wildman–Crippen LogP) is 2.79. The van der Waals surface area contributed by atoms with E-state index >= 15 is 0 Å². The van der Waals surface area contributed by atoms with Crippen molar-refractivity contribution in [3.8, 4) is 29.4 Å². The zero-order chi connectivity index (χ0) is 26.1. The Morgan fingerprint density at radius 3 is 2.25 bits per heavy atom. The quantitative estimate of drug-likeness (QED) is 0.428. The van der Waals surface area contributed by atoms with E-state index in [-0.39, 0.29) is 11.3 Å². The van der Waals surface area contributed by atoms with Crippen LogP contribution in [0.5, 0.6) is 5.75 Å². The van der Waals surface area contributed by atoms with Gasteiger partial charge in [-0.3, -0.25) is 9.69 Å². The average molecular weight is 488 g/mol. The second-order valence-corrected chi connectivity index (χ2v) is 9.52. The summed E-state index contributed by atoms with van der Waals surface area (Å²) >= 11 is 0. The van der Waals surface area contributed by atoms with E-state index in [1.807, 2.05) is 12.1 Å². The zero-order valence-corrected chi connectivity index (χ0v) is 21.1. The molecule has 7 heteroatoms. The maximum Gasteiger partial charge on any atom is 0.330 e. The van der Waals surface area contributed by atoms with Crippen LogP contribution in [-0.2, 0) is 16.1 Å². The fourth-order valence-corrected chi connectivity index (χ4v) is 3.95. The van der Waals surface area contributed by atoms with Crippen LogP contribution in [0.3, 0.4) is 0 Å². The normalized spacial score (nSPS) is 14.4. The fraction of sp³-hybridized carbons (Fsp3) is 0.379. The van der Waals surface area contributed by atoms with Crippen molar-refractivity contribution in [1.29, 1.82) is 0 Å². The minimum absolute atomic E-state index is 0.00516. The third-order valence-corrected chi connectivity index (χ3v) is 5.98. The van der Waals surface area contributed by atoms with Crippen molar-refractivity contribution in [3.05, 3.63) is 64.7 Å². The molecule has 2 aromatic carbocycles. The number of carbonyl (C=O) groups is 2. The lowest BCUT2D eigenvalue weighted by Crippen LogP contribution is -2.59. The molecule has 0 spiro atoms. The number of nitrogens with two attached hydrogens (primary N) is 1. The standard InChI is InChI=1S/C29H33N3O4/c1-29(2,30)26(28(35)36-3)31-27(34)24-16-15-22(19-25(24)33)10-6-5-9-21-11-13-23(14-12-21)20-32-17-7-4-8-18-32/h11-16,19,26,33H,4,7-8,17-18,20,30H2,1-3H3,(H,31,34). The maximum atomic E-state index is 12.6.